The fourth-order valence-corrected chi connectivity index (χ4v) is 6.60. The van der Waals surface area contributed by atoms with Gasteiger partial charge in [0.05, 0.1) is 35.0 Å². The number of pyridine rings is 2. The molecule has 1 saturated carbocycles. The highest BCUT2D eigenvalue weighted by Gasteiger charge is 2.18. The highest BCUT2D eigenvalue weighted by Crippen LogP contribution is 2.36. The number of halogens is 1. The largest absolute Gasteiger partial charge is 0.384 e. The number of fused-ring (bicyclic) bond motifs is 2. The number of nitrogens with zero attached hydrogens (tertiary/aromatic N) is 4. The third-order valence-corrected chi connectivity index (χ3v) is 8.98. The Bertz CT molecular complexity index is 2040. The Kier molecular flexibility index (Phi) is 8.67. The number of rotatable bonds is 10. The fourth-order valence-electron chi connectivity index (χ4n) is 6.60. The summed E-state index contributed by atoms with van der Waals surface area (Å²) < 4.78 is 14.8. The lowest BCUT2D eigenvalue weighted by molar-refractivity contribution is -0.117. The Hall–Kier alpha value is -5.09. The minimum absolute atomic E-state index is 0.0321. The van der Waals surface area contributed by atoms with Crippen LogP contribution >= 0.6 is 0 Å². The van der Waals surface area contributed by atoms with E-state index in [1.807, 2.05) is 50.5 Å². The molecule has 2 aromatic carbocycles. The maximum absolute atomic E-state index is 14.8. The normalized spacial score (nSPS) is 13.9. The van der Waals surface area contributed by atoms with Crippen molar-refractivity contribution in [1.82, 2.24) is 30.0 Å². The van der Waals surface area contributed by atoms with E-state index in [9.17, 15) is 9.18 Å². The quantitative estimate of drug-likeness (QED) is 0.123. The van der Waals surface area contributed by atoms with Gasteiger partial charge in [-0.05, 0) is 86.4 Å². The van der Waals surface area contributed by atoms with Crippen molar-refractivity contribution >= 4 is 39.1 Å². The standard InChI is InChI=1S/C37H39FN8O/c1-46(2)12-11-40-27-15-24(14-26(38)17-27)29-9-6-10-32-30(29)18-34(43-32)37-31-19-33(41-22-35(31)44-45-37)25-16-28(21-39-20-25)42-36(47)13-23-7-4-3-5-8-23/h6,9-10,14-23,40,43H,3-5,7-8,11-13H2,1-2H3,(H,42,47)(H,44,45). The zero-order valence-electron chi connectivity index (χ0n) is 26.7. The van der Waals surface area contributed by atoms with Crippen LogP contribution in [0.1, 0.15) is 38.5 Å². The molecule has 240 valence electrons. The van der Waals surface area contributed by atoms with Crippen LogP contribution in [0.15, 0.2) is 73.2 Å². The smallest absolute Gasteiger partial charge is 0.224 e. The second-order valence-electron chi connectivity index (χ2n) is 12.8. The van der Waals surface area contributed by atoms with Gasteiger partial charge in [0.1, 0.15) is 11.5 Å². The summed E-state index contributed by atoms with van der Waals surface area (Å²) >= 11 is 0. The second-order valence-corrected chi connectivity index (χ2v) is 12.8. The van der Waals surface area contributed by atoms with Crippen molar-refractivity contribution in [2.45, 2.75) is 38.5 Å². The second kappa shape index (κ2) is 13.3. The van der Waals surface area contributed by atoms with Gasteiger partial charge in [0.15, 0.2) is 0 Å². The number of amides is 1. The van der Waals surface area contributed by atoms with Crippen LogP contribution in [0, 0.1) is 11.7 Å². The van der Waals surface area contributed by atoms with Gasteiger partial charge in [0.2, 0.25) is 5.91 Å². The molecule has 0 bridgehead atoms. The Labute approximate surface area is 273 Å². The molecule has 6 aromatic rings. The van der Waals surface area contributed by atoms with Crippen LogP contribution in [-0.4, -0.2) is 63.1 Å². The van der Waals surface area contributed by atoms with Crippen molar-refractivity contribution in [3.8, 4) is 33.8 Å². The number of carbonyl (C=O) groups is 1. The van der Waals surface area contributed by atoms with E-state index < -0.39 is 0 Å². The molecule has 4 N–H and O–H groups in total. The lowest BCUT2D eigenvalue weighted by atomic mass is 9.87. The average molecular weight is 631 g/mol. The number of carbonyl (C=O) groups excluding carboxylic acids is 1. The Morgan fingerprint density at radius 3 is 2.64 bits per heavy atom. The molecule has 1 aliphatic rings. The van der Waals surface area contributed by atoms with Crippen LogP contribution in [0.4, 0.5) is 15.8 Å². The number of benzene rings is 2. The van der Waals surface area contributed by atoms with Gasteiger partial charge >= 0.3 is 0 Å². The van der Waals surface area contributed by atoms with Crippen molar-refractivity contribution in [2.75, 3.05) is 37.8 Å². The van der Waals surface area contributed by atoms with Crippen molar-refractivity contribution in [3.05, 3.63) is 79.0 Å². The minimum Gasteiger partial charge on any atom is -0.384 e. The molecule has 1 amide bonds. The summed E-state index contributed by atoms with van der Waals surface area (Å²) in [5.41, 5.74) is 7.96. The molecule has 0 aliphatic heterocycles. The number of aromatic amines is 2. The third kappa shape index (κ3) is 6.88. The van der Waals surface area contributed by atoms with Gasteiger partial charge in [0, 0.05) is 53.2 Å². The average Bonchev–Trinajstić information content (AvgIpc) is 3.69. The molecule has 47 heavy (non-hydrogen) atoms. The number of hydrogen-bond acceptors (Lipinski definition) is 6. The summed E-state index contributed by atoms with van der Waals surface area (Å²) in [6.07, 6.45) is 11.7. The number of anilines is 2. The van der Waals surface area contributed by atoms with Crippen LogP contribution < -0.4 is 10.6 Å². The van der Waals surface area contributed by atoms with E-state index >= 15 is 0 Å². The van der Waals surface area contributed by atoms with E-state index in [1.165, 1.54) is 25.3 Å². The molecule has 1 aliphatic carbocycles. The van der Waals surface area contributed by atoms with Crippen molar-refractivity contribution in [1.29, 1.82) is 0 Å². The first-order valence-corrected chi connectivity index (χ1v) is 16.3. The van der Waals surface area contributed by atoms with Gasteiger partial charge in [0.25, 0.3) is 0 Å². The highest BCUT2D eigenvalue weighted by atomic mass is 19.1. The third-order valence-electron chi connectivity index (χ3n) is 8.98. The van der Waals surface area contributed by atoms with Crippen LogP contribution in [0.25, 0.3) is 55.6 Å². The summed E-state index contributed by atoms with van der Waals surface area (Å²) in [5, 5.41) is 16.0. The maximum atomic E-state index is 14.8. The summed E-state index contributed by atoms with van der Waals surface area (Å²) in [6.45, 7) is 1.56. The molecule has 0 unspecified atom stereocenters. The topological polar surface area (TPSA) is 115 Å². The van der Waals surface area contributed by atoms with Crippen molar-refractivity contribution in [3.63, 3.8) is 0 Å². The Morgan fingerprint density at radius 1 is 0.936 bits per heavy atom. The number of likely N-dealkylation sites (N-methyl/N-ethyl adjacent to an activating group) is 1. The fraction of sp³-hybridized carbons (Fsp3) is 0.297. The molecule has 7 rings (SSSR count). The van der Waals surface area contributed by atoms with E-state index in [0.29, 0.717) is 24.6 Å². The first-order chi connectivity index (χ1) is 22.9. The van der Waals surface area contributed by atoms with Crippen LogP contribution in [-0.2, 0) is 4.79 Å². The van der Waals surface area contributed by atoms with Gasteiger partial charge in [-0.25, -0.2) is 4.39 Å². The zero-order valence-corrected chi connectivity index (χ0v) is 26.7. The lowest BCUT2D eigenvalue weighted by Crippen LogP contribution is -2.20. The van der Waals surface area contributed by atoms with Crippen LogP contribution in [0.5, 0.6) is 0 Å². The molecule has 4 heterocycles. The van der Waals surface area contributed by atoms with Gasteiger partial charge in [-0.2, -0.15) is 5.10 Å². The maximum Gasteiger partial charge on any atom is 0.224 e. The molecule has 0 radical (unpaired) electrons. The van der Waals surface area contributed by atoms with Crippen LogP contribution in [0.2, 0.25) is 0 Å². The number of hydrogen-bond donors (Lipinski definition) is 4. The van der Waals surface area contributed by atoms with E-state index in [1.54, 1.807) is 24.7 Å². The predicted molar refractivity (Wildman–Crippen MR) is 187 cm³/mol. The molecule has 0 saturated heterocycles. The molecule has 1 fully saturated rings. The lowest BCUT2D eigenvalue weighted by Gasteiger charge is -2.20. The molecule has 9 nitrogen and oxygen atoms in total. The molecular formula is C37H39FN8O. The van der Waals surface area contributed by atoms with Gasteiger partial charge in [-0.15, -0.1) is 0 Å². The highest BCUT2D eigenvalue weighted by molar-refractivity contribution is 6.02. The van der Waals surface area contributed by atoms with Gasteiger partial charge in [-0.1, -0.05) is 31.4 Å². The zero-order chi connectivity index (χ0) is 32.3. The molecule has 0 atom stereocenters. The summed E-state index contributed by atoms with van der Waals surface area (Å²) in [7, 11) is 4.02. The molecule has 10 heteroatoms. The van der Waals surface area contributed by atoms with E-state index in [2.05, 4.69) is 46.7 Å². The first-order valence-electron chi connectivity index (χ1n) is 16.3. The number of nitrogens with one attached hydrogen (secondary N) is 4. The minimum atomic E-state index is -0.289. The molecule has 0 spiro atoms. The first kappa shape index (κ1) is 30.6. The SMILES string of the molecule is CN(C)CCNc1cc(F)cc(-c2cccc3[nH]c(-c4n[nH]c5cnc(-c6cncc(NC(=O)CC7CCCCC7)c6)cc45)cc23)c1. The molecule has 4 aromatic heterocycles. The van der Waals surface area contributed by atoms with Gasteiger partial charge in [-0.3, -0.25) is 19.9 Å². The Balaban J connectivity index is 1.16. The van der Waals surface area contributed by atoms with E-state index in [4.69, 9.17) is 0 Å². The summed E-state index contributed by atoms with van der Waals surface area (Å²) in [4.78, 5) is 27.4. The Morgan fingerprint density at radius 2 is 1.79 bits per heavy atom. The van der Waals surface area contributed by atoms with Crippen molar-refractivity contribution < 1.29 is 9.18 Å². The summed E-state index contributed by atoms with van der Waals surface area (Å²) in [5.74, 6) is 0.207. The number of aromatic nitrogens is 5. The monoisotopic (exact) mass is 630 g/mol. The molecular weight excluding hydrogens is 591 g/mol. The van der Waals surface area contributed by atoms with Gasteiger partial charge < -0.3 is 20.5 Å². The van der Waals surface area contributed by atoms with E-state index in [-0.39, 0.29) is 11.7 Å². The predicted octanol–water partition coefficient (Wildman–Crippen LogP) is 7.86. The van der Waals surface area contributed by atoms with Crippen molar-refractivity contribution in [2.24, 2.45) is 5.92 Å². The number of H-pyrrole nitrogens is 2. The van der Waals surface area contributed by atoms with E-state index in [0.717, 1.165) is 80.7 Å². The summed E-state index contributed by atoms with van der Waals surface area (Å²) in [6, 6.07) is 17.1. The van der Waals surface area contributed by atoms with Crippen LogP contribution in [0.3, 0.4) is 0 Å².